The lowest BCUT2D eigenvalue weighted by Crippen LogP contribution is -3.14. The number of benzene rings is 1. The molecule has 2 rings (SSSR count). The zero-order chi connectivity index (χ0) is 16.1. The van der Waals surface area contributed by atoms with E-state index in [2.05, 4.69) is 11.4 Å². The van der Waals surface area contributed by atoms with Crippen LogP contribution in [0.5, 0.6) is 0 Å². The first-order valence-corrected chi connectivity index (χ1v) is 7.78. The van der Waals surface area contributed by atoms with Crippen molar-refractivity contribution in [1.82, 2.24) is 0 Å². The first kappa shape index (κ1) is 16.5. The number of aryl methyl sites for hydroxylation is 2. The Balaban J connectivity index is 1.82. The number of carbonyl (C=O) groups is 2. The third kappa shape index (κ3) is 4.31. The van der Waals surface area contributed by atoms with E-state index in [0.29, 0.717) is 6.54 Å². The molecular weight excluding hydrogens is 280 g/mol. The summed E-state index contributed by atoms with van der Waals surface area (Å²) in [6, 6.07) is 6.00. The van der Waals surface area contributed by atoms with Crippen molar-refractivity contribution < 1.29 is 19.2 Å². The van der Waals surface area contributed by atoms with Crippen molar-refractivity contribution in [3.05, 3.63) is 29.3 Å². The number of amides is 1. The lowest BCUT2D eigenvalue weighted by Gasteiger charge is -2.27. The third-order valence-electron chi connectivity index (χ3n) is 4.29. The van der Waals surface area contributed by atoms with Crippen LogP contribution in [0.2, 0.25) is 0 Å². The largest absolute Gasteiger partial charge is 0.469 e. The first-order chi connectivity index (χ1) is 10.5. The molecular formula is C17H25N2O3+. The van der Waals surface area contributed by atoms with Crippen LogP contribution >= 0.6 is 0 Å². The topological polar surface area (TPSA) is 59.8 Å². The highest BCUT2D eigenvalue weighted by atomic mass is 16.5. The van der Waals surface area contributed by atoms with Crippen LogP contribution in [0.1, 0.15) is 24.0 Å². The number of piperidine rings is 1. The van der Waals surface area contributed by atoms with Gasteiger partial charge in [-0.05, 0) is 25.5 Å². The van der Waals surface area contributed by atoms with E-state index in [1.54, 1.807) is 0 Å². The van der Waals surface area contributed by atoms with E-state index in [0.717, 1.165) is 37.2 Å². The molecule has 1 aliphatic rings. The highest BCUT2D eigenvalue weighted by Crippen LogP contribution is 2.15. The van der Waals surface area contributed by atoms with Gasteiger partial charge in [-0.15, -0.1) is 0 Å². The molecule has 2 N–H and O–H groups in total. The summed E-state index contributed by atoms with van der Waals surface area (Å²) < 4.78 is 4.78. The summed E-state index contributed by atoms with van der Waals surface area (Å²) in [5.74, 6) is -0.103. The van der Waals surface area contributed by atoms with Gasteiger partial charge in [0.25, 0.3) is 5.91 Å². The molecule has 0 atom stereocenters. The van der Waals surface area contributed by atoms with Crippen LogP contribution in [0.4, 0.5) is 5.69 Å². The number of carbonyl (C=O) groups excluding carboxylic acids is 2. The van der Waals surface area contributed by atoms with Crippen molar-refractivity contribution in [2.24, 2.45) is 5.92 Å². The zero-order valence-electron chi connectivity index (χ0n) is 13.6. The van der Waals surface area contributed by atoms with E-state index < -0.39 is 0 Å². The molecule has 0 saturated carbocycles. The molecule has 120 valence electrons. The Labute approximate surface area is 131 Å². The Morgan fingerprint density at radius 2 is 1.95 bits per heavy atom. The highest BCUT2D eigenvalue weighted by molar-refractivity contribution is 5.92. The summed E-state index contributed by atoms with van der Waals surface area (Å²) in [6.45, 7) is 6.15. The fraction of sp³-hybridized carbons (Fsp3) is 0.529. The molecule has 1 aromatic rings. The molecule has 1 aliphatic heterocycles. The van der Waals surface area contributed by atoms with Crippen molar-refractivity contribution in [3.63, 3.8) is 0 Å². The number of quaternary nitrogens is 1. The molecule has 0 unspecified atom stereocenters. The summed E-state index contributed by atoms with van der Waals surface area (Å²) >= 11 is 0. The van der Waals surface area contributed by atoms with Crippen molar-refractivity contribution in [1.29, 1.82) is 0 Å². The molecule has 1 fully saturated rings. The summed E-state index contributed by atoms with van der Waals surface area (Å²) in [4.78, 5) is 24.9. The molecule has 5 heteroatoms. The second kappa shape index (κ2) is 7.40. The van der Waals surface area contributed by atoms with E-state index in [1.807, 2.05) is 26.0 Å². The lowest BCUT2D eigenvalue weighted by molar-refractivity contribution is -0.897. The lowest BCUT2D eigenvalue weighted by atomic mass is 9.97. The van der Waals surface area contributed by atoms with Crippen LogP contribution in [0.25, 0.3) is 0 Å². The molecule has 1 aromatic carbocycles. The van der Waals surface area contributed by atoms with Gasteiger partial charge in [-0.2, -0.15) is 0 Å². The van der Waals surface area contributed by atoms with Crippen LogP contribution in [-0.2, 0) is 14.3 Å². The molecule has 0 aromatic heterocycles. The minimum absolute atomic E-state index is 0.00356. The van der Waals surface area contributed by atoms with E-state index in [-0.39, 0.29) is 17.8 Å². The average molecular weight is 305 g/mol. The van der Waals surface area contributed by atoms with Gasteiger partial charge >= 0.3 is 5.97 Å². The molecule has 0 aliphatic carbocycles. The number of likely N-dealkylation sites (tertiary alicyclic amines) is 1. The fourth-order valence-electron chi connectivity index (χ4n) is 2.98. The van der Waals surface area contributed by atoms with Crippen molar-refractivity contribution in [2.75, 3.05) is 32.1 Å². The molecule has 0 bridgehead atoms. The maximum Gasteiger partial charge on any atom is 0.309 e. The molecule has 1 saturated heterocycles. The van der Waals surface area contributed by atoms with E-state index in [9.17, 15) is 9.59 Å². The van der Waals surface area contributed by atoms with Gasteiger partial charge in [0.15, 0.2) is 6.54 Å². The number of nitrogens with one attached hydrogen (secondary N) is 2. The molecule has 1 heterocycles. The van der Waals surface area contributed by atoms with E-state index in [1.165, 1.54) is 17.6 Å². The Kier molecular flexibility index (Phi) is 5.55. The number of methoxy groups -OCH3 is 1. The predicted octanol–water partition coefficient (Wildman–Crippen LogP) is 0.710. The summed E-state index contributed by atoms with van der Waals surface area (Å²) in [5, 5.41) is 2.98. The fourth-order valence-corrected chi connectivity index (χ4v) is 2.98. The second-order valence-electron chi connectivity index (χ2n) is 6.09. The van der Waals surface area contributed by atoms with Crippen LogP contribution in [0, 0.1) is 19.8 Å². The Hall–Kier alpha value is -1.88. The van der Waals surface area contributed by atoms with Gasteiger partial charge < -0.3 is 15.0 Å². The van der Waals surface area contributed by atoms with Crippen molar-refractivity contribution >= 4 is 17.6 Å². The molecule has 1 amide bonds. The highest BCUT2D eigenvalue weighted by Gasteiger charge is 2.29. The van der Waals surface area contributed by atoms with Crippen LogP contribution in [-0.4, -0.2) is 38.6 Å². The number of hydrogen-bond acceptors (Lipinski definition) is 3. The van der Waals surface area contributed by atoms with Crippen LogP contribution < -0.4 is 10.2 Å². The average Bonchev–Trinajstić information content (AvgIpc) is 2.50. The van der Waals surface area contributed by atoms with E-state index >= 15 is 0 Å². The SMILES string of the molecule is COC(=O)C1CC[NH+](CC(=O)Nc2ccc(C)cc2C)CC1. The maximum atomic E-state index is 12.2. The quantitative estimate of drug-likeness (QED) is 0.806. The minimum atomic E-state index is -0.126. The first-order valence-electron chi connectivity index (χ1n) is 7.78. The standard InChI is InChI=1S/C17H24N2O3/c1-12-4-5-15(13(2)10-12)18-16(20)11-19-8-6-14(7-9-19)17(21)22-3/h4-5,10,14H,6-9,11H2,1-3H3,(H,18,20)/p+1. The maximum absolute atomic E-state index is 12.2. The Morgan fingerprint density at radius 1 is 1.27 bits per heavy atom. The monoisotopic (exact) mass is 305 g/mol. The van der Waals surface area contributed by atoms with Crippen LogP contribution in [0.15, 0.2) is 18.2 Å². The van der Waals surface area contributed by atoms with Gasteiger partial charge in [0.2, 0.25) is 0 Å². The number of ether oxygens (including phenoxy) is 1. The van der Waals surface area contributed by atoms with Gasteiger partial charge in [-0.3, -0.25) is 9.59 Å². The zero-order valence-corrected chi connectivity index (χ0v) is 13.6. The Bertz CT molecular complexity index is 549. The van der Waals surface area contributed by atoms with Crippen LogP contribution in [0.3, 0.4) is 0 Å². The molecule has 0 spiro atoms. The van der Waals surface area contributed by atoms with E-state index in [4.69, 9.17) is 4.74 Å². The van der Waals surface area contributed by atoms with Gasteiger partial charge in [-0.25, -0.2) is 0 Å². The van der Waals surface area contributed by atoms with Crippen molar-refractivity contribution in [3.8, 4) is 0 Å². The van der Waals surface area contributed by atoms with Gasteiger partial charge in [0.1, 0.15) is 0 Å². The molecule has 5 nitrogen and oxygen atoms in total. The normalized spacial score (nSPS) is 21.2. The predicted molar refractivity (Wildman–Crippen MR) is 84.8 cm³/mol. The number of rotatable bonds is 4. The van der Waals surface area contributed by atoms with Gasteiger partial charge in [0, 0.05) is 18.5 Å². The number of anilines is 1. The van der Waals surface area contributed by atoms with Crippen molar-refractivity contribution in [2.45, 2.75) is 26.7 Å². The third-order valence-corrected chi connectivity index (χ3v) is 4.29. The number of esters is 1. The van der Waals surface area contributed by atoms with Gasteiger partial charge in [-0.1, -0.05) is 17.7 Å². The minimum Gasteiger partial charge on any atom is -0.469 e. The van der Waals surface area contributed by atoms with Gasteiger partial charge in [0.05, 0.1) is 26.1 Å². The number of hydrogen-bond donors (Lipinski definition) is 2. The molecule has 0 radical (unpaired) electrons. The summed E-state index contributed by atoms with van der Waals surface area (Å²) in [5.41, 5.74) is 3.14. The Morgan fingerprint density at radius 3 is 2.55 bits per heavy atom. The molecule has 22 heavy (non-hydrogen) atoms. The summed E-state index contributed by atoms with van der Waals surface area (Å²) in [7, 11) is 1.43. The summed E-state index contributed by atoms with van der Waals surface area (Å²) in [6.07, 6.45) is 1.58. The second-order valence-corrected chi connectivity index (χ2v) is 6.09. The smallest absolute Gasteiger partial charge is 0.309 e.